The summed E-state index contributed by atoms with van der Waals surface area (Å²) in [5.41, 5.74) is 6.82. The molecule has 14 heavy (non-hydrogen) atoms. The van der Waals surface area contributed by atoms with Crippen molar-refractivity contribution in [2.45, 2.75) is 45.1 Å². The average molecular weight is 196 g/mol. The Bertz CT molecular complexity index is 227. The number of hydrogen-bond donors (Lipinski definition) is 1. The van der Waals surface area contributed by atoms with Crippen LogP contribution in [0.25, 0.3) is 0 Å². The Hall–Kier alpha value is -0.570. The van der Waals surface area contributed by atoms with Crippen LogP contribution in [0.4, 0.5) is 0 Å². The Morgan fingerprint density at radius 3 is 3.00 bits per heavy atom. The van der Waals surface area contributed by atoms with Crippen LogP contribution in [0.3, 0.4) is 0 Å². The van der Waals surface area contributed by atoms with Crippen LogP contribution >= 0.6 is 0 Å². The van der Waals surface area contributed by atoms with Crippen LogP contribution < -0.4 is 5.73 Å². The van der Waals surface area contributed by atoms with Crippen LogP contribution in [0.2, 0.25) is 0 Å². The summed E-state index contributed by atoms with van der Waals surface area (Å²) in [7, 11) is 0. The van der Waals surface area contributed by atoms with Crippen molar-refractivity contribution in [3.05, 3.63) is 0 Å². The van der Waals surface area contributed by atoms with Crippen molar-refractivity contribution in [3.63, 3.8) is 0 Å². The SMILES string of the molecule is CC1CCCC(C2=NOC(CN)C2)C1. The Labute approximate surface area is 85.7 Å². The van der Waals surface area contributed by atoms with Gasteiger partial charge in [0.25, 0.3) is 0 Å². The lowest BCUT2D eigenvalue weighted by Crippen LogP contribution is -2.24. The van der Waals surface area contributed by atoms with E-state index in [2.05, 4.69) is 12.1 Å². The molecule has 1 aliphatic carbocycles. The quantitative estimate of drug-likeness (QED) is 0.733. The minimum absolute atomic E-state index is 0.155. The zero-order valence-corrected chi connectivity index (χ0v) is 8.91. The Balaban J connectivity index is 1.89. The minimum atomic E-state index is 0.155. The summed E-state index contributed by atoms with van der Waals surface area (Å²) < 4.78 is 0. The van der Waals surface area contributed by atoms with Gasteiger partial charge in [0.1, 0.15) is 6.10 Å². The molecule has 2 N–H and O–H groups in total. The predicted molar refractivity (Wildman–Crippen MR) is 57.1 cm³/mol. The molecular formula is C11H20N2O. The second kappa shape index (κ2) is 4.30. The highest BCUT2D eigenvalue weighted by molar-refractivity contribution is 5.87. The molecule has 3 atom stereocenters. The van der Waals surface area contributed by atoms with Gasteiger partial charge in [-0.25, -0.2) is 0 Å². The number of oxime groups is 1. The van der Waals surface area contributed by atoms with Crippen LogP contribution in [-0.2, 0) is 4.84 Å². The van der Waals surface area contributed by atoms with E-state index in [4.69, 9.17) is 10.6 Å². The topological polar surface area (TPSA) is 47.6 Å². The van der Waals surface area contributed by atoms with Gasteiger partial charge in [0.2, 0.25) is 0 Å². The number of hydrogen-bond acceptors (Lipinski definition) is 3. The van der Waals surface area contributed by atoms with E-state index in [9.17, 15) is 0 Å². The normalized spacial score (nSPS) is 37.9. The molecule has 1 heterocycles. The Morgan fingerprint density at radius 2 is 2.36 bits per heavy atom. The average Bonchev–Trinajstić information content (AvgIpc) is 2.66. The fraction of sp³-hybridized carbons (Fsp3) is 0.909. The fourth-order valence-electron chi connectivity index (χ4n) is 2.55. The molecule has 0 aromatic rings. The van der Waals surface area contributed by atoms with Crippen molar-refractivity contribution < 1.29 is 4.84 Å². The van der Waals surface area contributed by atoms with E-state index in [-0.39, 0.29) is 6.10 Å². The Morgan fingerprint density at radius 1 is 1.50 bits per heavy atom. The molecule has 0 aromatic heterocycles. The molecule has 1 aliphatic heterocycles. The molecular weight excluding hydrogens is 176 g/mol. The molecule has 80 valence electrons. The minimum Gasteiger partial charge on any atom is -0.391 e. The van der Waals surface area contributed by atoms with E-state index in [0.29, 0.717) is 12.5 Å². The van der Waals surface area contributed by atoms with Crippen molar-refractivity contribution in [1.29, 1.82) is 0 Å². The molecule has 0 saturated heterocycles. The van der Waals surface area contributed by atoms with Crippen LogP contribution in [0.5, 0.6) is 0 Å². The van der Waals surface area contributed by atoms with Gasteiger partial charge >= 0.3 is 0 Å². The molecule has 3 heteroatoms. The van der Waals surface area contributed by atoms with Gasteiger partial charge in [0.15, 0.2) is 0 Å². The first kappa shape index (κ1) is 9.97. The number of nitrogens with zero attached hydrogens (tertiary/aromatic N) is 1. The summed E-state index contributed by atoms with van der Waals surface area (Å²) >= 11 is 0. The molecule has 3 nitrogen and oxygen atoms in total. The van der Waals surface area contributed by atoms with E-state index in [1.807, 2.05) is 0 Å². The Kier molecular flexibility index (Phi) is 3.06. The lowest BCUT2D eigenvalue weighted by atomic mass is 9.79. The van der Waals surface area contributed by atoms with E-state index in [0.717, 1.165) is 12.3 Å². The molecule has 0 spiro atoms. The molecule has 0 amide bonds. The maximum atomic E-state index is 5.55. The lowest BCUT2D eigenvalue weighted by molar-refractivity contribution is 0.0917. The molecule has 1 fully saturated rings. The third kappa shape index (κ3) is 2.08. The van der Waals surface area contributed by atoms with Gasteiger partial charge < -0.3 is 10.6 Å². The summed E-state index contributed by atoms with van der Waals surface area (Å²) in [4.78, 5) is 5.27. The second-order valence-corrected chi connectivity index (χ2v) is 4.72. The fourth-order valence-corrected chi connectivity index (χ4v) is 2.55. The maximum absolute atomic E-state index is 5.55. The van der Waals surface area contributed by atoms with Crippen molar-refractivity contribution in [2.24, 2.45) is 22.7 Å². The molecule has 1 saturated carbocycles. The number of rotatable bonds is 2. The van der Waals surface area contributed by atoms with E-state index in [1.165, 1.54) is 31.4 Å². The van der Waals surface area contributed by atoms with Crippen molar-refractivity contribution >= 4 is 5.71 Å². The predicted octanol–water partition coefficient (Wildman–Crippen LogP) is 1.92. The van der Waals surface area contributed by atoms with E-state index < -0.39 is 0 Å². The highest BCUT2D eigenvalue weighted by Gasteiger charge is 2.29. The van der Waals surface area contributed by atoms with Gasteiger partial charge in [-0.1, -0.05) is 24.9 Å². The summed E-state index contributed by atoms with van der Waals surface area (Å²) in [6.07, 6.45) is 6.43. The highest BCUT2D eigenvalue weighted by atomic mass is 16.6. The smallest absolute Gasteiger partial charge is 0.145 e. The standard InChI is InChI=1S/C11H20N2O/c1-8-3-2-4-9(5-8)11-6-10(7-12)14-13-11/h8-10H,2-7,12H2,1H3. The lowest BCUT2D eigenvalue weighted by Gasteiger charge is -2.26. The third-order valence-electron chi connectivity index (χ3n) is 3.43. The van der Waals surface area contributed by atoms with Crippen molar-refractivity contribution in [3.8, 4) is 0 Å². The number of nitrogens with two attached hydrogens (primary N) is 1. The van der Waals surface area contributed by atoms with Gasteiger partial charge in [-0.05, 0) is 18.8 Å². The summed E-state index contributed by atoms with van der Waals surface area (Å²) in [6.45, 7) is 2.93. The molecule has 3 unspecified atom stereocenters. The molecule has 2 aliphatic rings. The van der Waals surface area contributed by atoms with Crippen LogP contribution in [0.15, 0.2) is 5.16 Å². The first-order valence-electron chi connectivity index (χ1n) is 5.72. The molecule has 0 bridgehead atoms. The first-order chi connectivity index (χ1) is 6.79. The summed E-state index contributed by atoms with van der Waals surface area (Å²) in [6, 6.07) is 0. The largest absolute Gasteiger partial charge is 0.391 e. The second-order valence-electron chi connectivity index (χ2n) is 4.72. The summed E-state index contributed by atoms with van der Waals surface area (Å²) in [5, 5.41) is 4.18. The first-order valence-corrected chi connectivity index (χ1v) is 5.72. The maximum Gasteiger partial charge on any atom is 0.145 e. The van der Waals surface area contributed by atoms with Gasteiger partial charge in [-0.3, -0.25) is 0 Å². The van der Waals surface area contributed by atoms with Gasteiger partial charge in [-0.15, -0.1) is 0 Å². The molecule has 2 rings (SSSR count). The van der Waals surface area contributed by atoms with Gasteiger partial charge in [0, 0.05) is 18.9 Å². The third-order valence-corrected chi connectivity index (χ3v) is 3.43. The highest BCUT2D eigenvalue weighted by Crippen LogP contribution is 2.32. The van der Waals surface area contributed by atoms with E-state index >= 15 is 0 Å². The summed E-state index contributed by atoms with van der Waals surface area (Å²) in [5.74, 6) is 1.53. The van der Waals surface area contributed by atoms with Crippen LogP contribution in [0.1, 0.15) is 39.0 Å². The van der Waals surface area contributed by atoms with Crippen molar-refractivity contribution in [2.75, 3.05) is 6.54 Å². The van der Waals surface area contributed by atoms with E-state index in [1.54, 1.807) is 0 Å². The van der Waals surface area contributed by atoms with Gasteiger partial charge in [0.05, 0.1) is 5.71 Å². The van der Waals surface area contributed by atoms with Crippen LogP contribution in [0, 0.1) is 11.8 Å². The zero-order chi connectivity index (χ0) is 9.97. The van der Waals surface area contributed by atoms with Crippen molar-refractivity contribution in [1.82, 2.24) is 0 Å². The zero-order valence-electron chi connectivity index (χ0n) is 8.91. The molecule has 0 aromatic carbocycles. The van der Waals surface area contributed by atoms with Crippen LogP contribution in [-0.4, -0.2) is 18.4 Å². The van der Waals surface area contributed by atoms with Gasteiger partial charge in [-0.2, -0.15) is 0 Å². The monoisotopic (exact) mass is 196 g/mol. The molecule has 0 radical (unpaired) electrons.